The van der Waals surface area contributed by atoms with Crippen LogP contribution in [-0.4, -0.2) is 21.0 Å². The Morgan fingerprint density at radius 3 is 2.76 bits per heavy atom. The Labute approximate surface area is 130 Å². The van der Waals surface area contributed by atoms with Crippen molar-refractivity contribution in [2.75, 3.05) is 5.73 Å². The van der Waals surface area contributed by atoms with Crippen LogP contribution in [0, 0.1) is 5.82 Å². The topological polar surface area (TPSA) is 72.9 Å². The number of nitrogens with two attached hydrogens (primary N) is 1. The molecule has 1 amide bonds. The van der Waals surface area contributed by atoms with E-state index in [1.165, 1.54) is 6.07 Å². The summed E-state index contributed by atoms with van der Waals surface area (Å²) in [5.74, 6) is -0.186. The maximum atomic E-state index is 13.5. The number of hydrogen-bond acceptors (Lipinski definition) is 3. The lowest BCUT2D eigenvalue weighted by molar-refractivity contribution is -0.122. The number of aromatic nitrogens is 2. The number of carbonyl (C=O) groups excluding carboxylic acids is 1. The van der Waals surface area contributed by atoms with Gasteiger partial charge >= 0.3 is 0 Å². The van der Waals surface area contributed by atoms with Crippen LogP contribution in [-0.2, 0) is 11.3 Å². The summed E-state index contributed by atoms with van der Waals surface area (Å²) in [4.78, 5) is 16.0. The smallest absolute Gasteiger partial charge is 0.222 e. The second kappa shape index (κ2) is 5.63. The average Bonchev–Trinajstić information content (AvgIpc) is 2.60. The number of halogens is 2. The van der Waals surface area contributed by atoms with E-state index in [0.717, 1.165) is 0 Å². The lowest BCUT2D eigenvalue weighted by Gasteiger charge is -2.20. The third-order valence-electron chi connectivity index (χ3n) is 2.90. The zero-order chi connectivity index (χ0) is 15.8. The molecule has 1 aromatic carbocycles. The maximum Gasteiger partial charge on any atom is 0.222 e. The van der Waals surface area contributed by atoms with Gasteiger partial charge in [-0.2, -0.15) is 0 Å². The van der Waals surface area contributed by atoms with Crippen LogP contribution < -0.4 is 11.1 Å². The fourth-order valence-electron chi connectivity index (χ4n) is 2.07. The number of hydrogen-bond donors (Lipinski definition) is 2. The Bertz CT molecular complexity index is 690. The molecule has 0 fully saturated rings. The van der Waals surface area contributed by atoms with Crippen LogP contribution in [0.25, 0.3) is 11.0 Å². The monoisotopic (exact) mass is 356 g/mol. The molecule has 0 aliphatic rings. The highest BCUT2D eigenvalue weighted by Crippen LogP contribution is 2.25. The first-order valence-corrected chi connectivity index (χ1v) is 7.38. The van der Waals surface area contributed by atoms with Crippen molar-refractivity contribution in [3.05, 3.63) is 22.4 Å². The number of benzene rings is 1. The summed E-state index contributed by atoms with van der Waals surface area (Å²) in [5.41, 5.74) is 6.75. The van der Waals surface area contributed by atoms with Crippen molar-refractivity contribution in [1.29, 1.82) is 0 Å². The summed E-state index contributed by atoms with van der Waals surface area (Å²) in [6.45, 7) is 6.16. The maximum absolute atomic E-state index is 13.5. The zero-order valence-electron chi connectivity index (χ0n) is 12.2. The number of amides is 1. The van der Waals surface area contributed by atoms with Crippen LogP contribution in [0.15, 0.2) is 16.6 Å². The number of nitrogens with zero attached hydrogens (tertiary/aromatic N) is 2. The van der Waals surface area contributed by atoms with Gasteiger partial charge in [0.25, 0.3) is 0 Å². The minimum Gasteiger partial charge on any atom is -0.369 e. The van der Waals surface area contributed by atoms with Crippen molar-refractivity contribution in [1.82, 2.24) is 14.9 Å². The lowest BCUT2D eigenvalue weighted by Crippen LogP contribution is -2.40. The third-order valence-corrected chi connectivity index (χ3v) is 3.50. The second-order valence-electron chi connectivity index (χ2n) is 5.92. The van der Waals surface area contributed by atoms with Crippen molar-refractivity contribution >= 4 is 38.8 Å². The zero-order valence-corrected chi connectivity index (χ0v) is 13.8. The van der Waals surface area contributed by atoms with E-state index in [1.807, 2.05) is 20.8 Å². The third kappa shape index (κ3) is 3.72. The summed E-state index contributed by atoms with van der Waals surface area (Å²) in [5, 5.41) is 2.89. The standard InChI is InChI=1S/C14H18BrFN4O/c1-14(2,3)19-12(21)4-5-20-11-6-8(15)9(16)7-10(11)18-13(20)17/h6-7H,4-5H2,1-3H3,(H2,17,18)(H,19,21). The molecule has 1 heterocycles. The van der Waals surface area contributed by atoms with Crippen molar-refractivity contribution in [3.63, 3.8) is 0 Å². The van der Waals surface area contributed by atoms with Crippen LogP contribution in [0.1, 0.15) is 27.2 Å². The van der Waals surface area contributed by atoms with Gasteiger partial charge in [-0.3, -0.25) is 4.79 Å². The molecule has 3 N–H and O–H groups in total. The molecule has 0 saturated heterocycles. The number of carbonyl (C=O) groups is 1. The van der Waals surface area contributed by atoms with E-state index in [2.05, 4.69) is 26.2 Å². The summed E-state index contributed by atoms with van der Waals surface area (Å²) in [6.07, 6.45) is 0.280. The van der Waals surface area contributed by atoms with E-state index < -0.39 is 5.82 Å². The van der Waals surface area contributed by atoms with Gasteiger partial charge in [0.2, 0.25) is 11.9 Å². The molecule has 0 saturated carbocycles. The Balaban J connectivity index is 2.21. The molecule has 0 radical (unpaired) electrons. The molecule has 0 bridgehead atoms. The quantitative estimate of drug-likeness (QED) is 0.887. The number of aryl methyl sites for hydroxylation is 1. The Morgan fingerprint density at radius 1 is 1.48 bits per heavy atom. The first-order chi connectivity index (χ1) is 9.67. The SMILES string of the molecule is CC(C)(C)NC(=O)CCn1c(N)nc2cc(F)c(Br)cc21. The van der Waals surface area contributed by atoms with Crippen molar-refractivity contribution in [2.24, 2.45) is 0 Å². The minimum absolute atomic E-state index is 0.0649. The predicted molar refractivity (Wildman–Crippen MR) is 84.3 cm³/mol. The normalized spacial score (nSPS) is 11.9. The largest absolute Gasteiger partial charge is 0.369 e. The number of rotatable bonds is 3. The molecule has 0 unspecified atom stereocenters. The van der Waals surface area contributed by atoms with Gasteiger partial charge in [-0.1, -0.05) is 0 Å². The van der Waals surface area contributed by atoms with Crippen molar-refractivity contribution in [2.45, 2.75) is 39.3 Å². The van der Waals surface area contributed by atoms with E-state index in [1.54, 1.807) is 10.6 Å². The van der Waals surface area contributed by atoms with Crippen molar-refractivity contribution in [3.8, 4) is 0 Å². The van der Waals surface area contributed by atoms with Gasteiger partial charge in [0.1, 0.15) is 5.82 Å². The molecule has 5 nitrogen and oxygen atoms in total. The molecule has 21 heavy (non-hydrogen) atoms. The first-order valence-electron chi connectivity index (χ1n) is 6.59. The molecule has 0 spiro atoms. The second-order valence-corrected chi connectivity index (χ2v) is 6.78. The molecule has 0 aliphatic carbocycles. The van der Waals surface area contributed by atoms with Gasteiger partial charge in [-0.25, -0.2) is 9.37 Å². The molecular weight excluding hydrogens is 339 g/mol. The van der Waals surface area contributed by atoms with Crippen LogP contribution in [0.5, 0.6) is 0 Å². The van der Waals surface area contributed by atoms with Gasteiger partial charge in [-0.15, -0.1) is 0 Å². The van der Waals surface area contributed by atoms with Gasteiger partial charge in [-0.05, 0) is 42.8 Å². The van der Waals surface area contributed by atoms with Gasteiger partial charge in [0, 0.05) is 24.6 Å². The fraction of sp³-hybridized carbons (Fsp3) is 0.429. The first kappa shape index (κ1) is 15.8. The highest BCUT2D eigenvalue weighted by atomic mass is 79.9. The van der Waals surface area contributed by atoms with Gasteiger partial charge < -0.3 is 15.6 Å². The van der Waals surface area contributed by atoms with E-state index in [4.69, 9.17) is 5.73 Å². The number of imidazole rings is 1. The van der Waals surface area contributed by atoms with Crippen LogP contribution in [0.2, 0.25) is 0 Å². The minimum atomic E-state index is -0.391. The molecule has 0 atom stereocenters. The summed E-state index contributed by atoms with van der Waals surface area (Å²) in [6, 6.07) is 2.94. The highest BCUT2D eigenvalue weighted by Gasteiger charge is 2.16. The molecule has 1 aromatic heterocycles. The van der Waals surface area contributed by atoms with Crippen LogP contribution in [0.3, 0.4) is 0 Å². The molecule has 0 aliphatic heterocycles. The predicted octanol–water partition coefficient (Wildman–Crippen LogP) is 2.82. The average molecular weight is 357 g/mol. The highest BCUT2D eigenvalue weighted by molar-refractivity contribution is 9.10. The number of anilines is 1. The molecule has 7 heteroatoms. The lowest BCUT2D eigenvalue weighted by atomic mass is 10.1. The fourth-order valence-corrected chi connectivity index (χ4v) is 2.40. The van der Waals surface area contributed by atoms with E-state index >= 15 is 0 Å². The number of nitrogen functional groups attached to an aromatic ring is 1. The molecule has 2 aromatic rings. The Kier molecular flexibility index (Phi) is 4.22. The molecular formula is C14H18BrFN4O. The number of fused-ring (bicyclic) bond motifs is 1. The Morgan fingerprint density at radius 2 is 2.14 bits per heavy atom. The van der Waals surface area contributed by atoms with Crippen LogP contribution in [0.4, 0.5) is 10.3 Å². The van der Waals surface area contributed by atoms with Crippen molar-refractivity contribution < 1.29 is 9.18 Å². The summed E-state index contributed by atoms with van der Waals surface area (Å²) in [7, 11) is 0. The molecule has 114 valence electrons. The number of nitrogens with one attached hydrogen (secondary N) is 1. The van der Waals surface area contributed by atoms with Gasteiger partial charge in [0.05, 0.1) is 15.5 Å². The Hall–Kier alpha value is -1.63. The van der Waals surface area contributed by atoms with Gasteiger partial charge in [0.15, 0.2) is 0 Å². The van der Waals surface area contributed by atoms with E-state index in [0.29, 0.717) is 22.1 Å². The molecule has 2 rings (SSSR count). The van der Waals surface area contributed by atoms with Crippen LogP contribution >= 0.6 is 15.9 Å². The summed E-state index contributed by atoms with van der Waals surface area (Å²) < 4.78 is 15.5. The van der Waals surface area contributed by atoms with E-state index in [9.17, 15) is 9.18 Å². The van der Waals surface area contributed by atoms with E-state index in [-0.39, 0.29) is 23.8 Å². The summed E-state index contributed by atoms with van der Waals surface area (Å²) >= 11 is 3.14.